The van der Waals surface area contributed by atoms with Gasteiger partial charge in [0.25, 0.3) is 0 Å². The van der Waals surface area contributed by atoms with Crippen LogP contribution in [0, 0.1) is 5.92 Å². The van der Waals surface area contributed by atoms with Gasteiger partial charge in [-0.05, 0) is 61.7 Å². The summed E-state index contributed by atoms with van der Waals surface area (Å²) in [6.45, 7) is 6.71. The Morgan fingerprint density at radius 3 is 1.76 bits per heavy atom. The number of hydrogen-bond donors (Lipinski definition) is 2. The van der Waals surface area contributed by atoms with Crippen LogP contribution >= 0.6 is 0 Å². The predicted octanol–water partition coefficient (Wildman–Crippen LogP) is 10.4. The van der Waals surface area contributed by atoms with Crippen molar-refractivity contribution in [2.24, 2.45) is 26.4 Å². The number of anilines is 2. The van der Waals surface area contributed by atoms with Crippen LogP contribution in [0.3, 0.4) is 0 Å². The van der Waals surface area contributed by atoms with Crippen molar-refractivity contribution in [2.45, 2.75) is 32.9 Å². The summed E-state index contributed by atoms with van der Waals surface area (Å²) in [5, 5.41) is 29.9. The first-order valence-corrected chi connectivity index (χ1v) is 13.0. The molecule has 6 nitrogen and oxygen atoms in total. The molecule has 2 N–H and O–H groups in total. The second-order valence-electron chi connectivity index (χ2n) is 10.4. The Labute approximate surface area is 222 Å². The minimum Gasteiger partial charge on any atom is -0.362 e. The first-order valence-electron chi connectivity index (χ1n) is 13.0. The van der Waals surface area contributed by atoms with Gasteiger partial charge < -0.3 is 10.6 Å². The molecule has 0 bridgehead atoms. The highest BCUT2D eigenvalue weighted by atomic mass is 15.2. The first kappa shape index (κ1) is 23.8. The Bertz CT molecular complexity index is 1680. The number of azo groups is 2. The maximum absolute atomic E-state index is 4.72. The summed E-state index contributed by atoms with van der Waals surface area (Å²) in [4.78, 5) is 0. The molecule has 0 spiro atoms. The molecule has 0 aliphatic carbocycles. The van der Waals surface area contributed by atoms with Gasteiger partial charge in [0, 0.05) is 32.9 Å². The van der Waals surface area contributed by atoms with Gasteiger partial charge in [-0.3, -0.25) is 0 Å². The molecule has 0 amide bonds. The zero-order valence-corrected chi connectivity index (χ0v) is 21.8. The van der Waals surface area contributed by atoms with Crippen molar-refractivity contribution in [2.75, 3.05) is 10.6 Å². The summed E-state index contributed by atoms with van der Waals surface area (Å²) in [5.41, 5.74) is 5.28. The Hall–Kier alpha value is -4.58. The van der Waals surface area contributed by atoms with Crippen molar-refractivity contribution >= 4 is 55.7 Å². The van der Waals surface area contributed by atoms with Gasteiger partial charge in [0.05, 0.1) is 22.7 Å². The molecule has 6 rings (SSSR count). The van der Waals surface area contributed by atoms with Gasteiger partial charge in [-0.15, -0.1) is 15.3 Å². The third kappa shape index (κ3) is 4.61. The van der Waals surface area contributed by atoms with Crippen LogP contribution in [0.2, 0.25) is 0 Å². The van der Waals surface area contributed by atoms with Crippen LogP contribution in [0.5, 0.6) is 0 Å². The lowest BCUT2D eigenvalue weighted by Crippen LogP contribution is -2.46. The molecule has 0 saturated heterocycles. The fraction of sp³-hybridized carbons (Fsp3) is 0.188. The maximum Gasteiger partial charge on any atom is 0.105 e. The second kappa shape index (κ2) is 9.71. The zero-order valence-electron chi connectivity index (χ0n) is 21.8. The molecular formula is C32H30N6. The molecule has 0 radical (unpaired) electrons. The summed E-state index contributed by atoms with van der Waals surface area (Å²) in [5.74, 6) is 0.565. The van der Waals surface area contributed by atoms with E-state index in [2.05, 4.69) is 65.9 Å². The van der Waals surface area contributed by atoms with Crippen molar-refractivity contribution in [3.8, 4) is 0 Å². The normalized spacial score (nSPS) is 16.9. The van der Waals surface area contributed by atoms with Crippen LogP contribution in [-0.4, -0.2) is 5.66 Å². The van der Waals surface area contributed by atoms with E-state index in [0.29, 0.717) is 5.92 Å². The van der Waals surface area contributed by atoms with E-state index in [0.717, 1.165) is 62.1 Å². The molecule has 5 aromatic carbocycles. The lowest BCUT2D eigenvalue weighted by Gasteiger charge is -2.40. The van der Waals surface area contributed by atoms with Crippen molar-refractivity contribution in [3.05, 3.63) is 97.1 Å². The molecule has 1 aliphatic heterocycles. The predicted molar refractivity (Wildman–Crippen MR) is 158 cm³/mol. The first-order chi connectivity index (χ1) is 18.5. The second-order valence-corrected chi connectivity index (χ2v) is 10.4. The topological polar surface area (TPSA) is 73.5 Å². The van der Waals surface area contributed by atoms with E-state index in [1.165, 1.54) is 0 Å². The van der Waals surface area contributed by atoms with Crippen LogP contribution in [0.1, 0.15) is 27.2 Å². The molecule has 1 heterocycles. The number of fused-ring (bicyclic) bond motifs is 1. The molecular weight excluding hydrogens is 468 g/mol. The Morgan fingerprint density at radius 1 is 0.579 bits per heavy atom. The van der Waals surface area contributed by atoms with E-state index in [1.807, 2.05) is 72.8 Å². The number of nitrogens with zero attached hydrogens (tertiary/aromatic N) is 4. The molecule has 0 saturated carbocycles. The molecule has 1 unspecified atom stereocenters. The molecule has 188 valence electrons. The molecule has 1 aliphatic rings. The fourth-order valence-electron chi connectivity index (χ4n) is 5.39. The Kier molecular flexibility index (Phi) is 6.08. The van der Waals surface area contributed by atoms with E-state index in [4.69, 9.17) is 10.2 Å². The Balaban J connectivity index is 1.35. The molecule has 0 aromatic heterocycles. The highest BCUT2D eigenvalue weighted by Crippen LogP contribution is 2.43. The number of rotatable bonds is 6. The van der Waals surface area contributed by atoms with Crippen molar-refractivity contribution in [3.63, 3.8) is 0 Å². The van der Waals surface area contributed by atoms with Crippen LogP contribution in [0.4, 0.5) is 34.1 Å². The van der Waals surface area contributed by atoms with E-state index in [1.54, 1.807) is 0 Å². The summed E-state index contributed by atoms with van der Waals surface area (Å²) < 4.78 is 0. The zero-order chi connectivity index (χ0) is 26.1. The van der Waals surface area contributed by atoms with E-state index >= 15 is 0 Å². The van der Waals surface area contributed by atoms with E-state index < -0.39 is 0 Å². The number of nitrogens with one attached hydrogen (secondary N) is 2. The highest BCUT2D eigenvalue weighted by molar-refractivity contribution is 6.09. The van der Waals surface area contributed by atoms with Crippen LogP contribution in [0.15, 0.2) is 118 Å². The van der Waals surface area contributed by atoms with Gasteiger partial charge in [-0.1, -0.05) is 68.4 Å². The van der Waals surface area contributed by atoms with Gasteiger partial charge in [0.15, 0.2) is 0 Å². The average molecular weight is 499 g/mol. The minimum absolute atomic E-state index is 0.197. The van der Waals surface area contributed by atoms with E-state index in [9.17, 15) is 0 Å². The minimum atomic E-state index is -0.197. The highest BCUT2D eigenvalue weighted by Gasteiger charge is 2.30. The van der Waals surface area contributed by atoms with Crippen molar-refractivity contribution in [1.29, 1.82) is 0 Å². The molecule has 1 atom stereocenters. The molecule has 38 heavy (non-hydrogen) atoms. The molecule has 5 aromatic rings. The lowest BCUT2D eigenvalue weighted by atomic mass is 9.93. The van der Waals surface area contributed by atoms with Crippen LogP contribution in [-0.2, 0) is 0 Å². The maximum atomic E-state index is 4.72. The standard InChI is InChI=1S/C32H30N6/c1-21(2)20-32(3)33-29-15-9-14-25-28(18-19-30(34-32)31(25)29)38-37-27-17-16-26(23-12-7-8-13-24(23)27)36-35-22-10-5-4-6-11-22/h4-19,21,33-34H,20H2,1-3H3. The van der Waals surface area contributed by atoms with Crippen molar-refractivity contribution < 1.29 is 0 Å². The summed E-state index contributed by atoms with van der Waals surface area (Å²) in [6, 6.07) is 32.2. The van der Waals surface area contributed by atoms with Crippen LogP contribution in [0.25, 0.3) is 21.5 Å². The van der Waals surface area contributed by atoms with E-state index in [-0.39, 0.29) is 5.66 Å². The van der Waals surface area contributed by atoms with Gasteiger partial charge >= 0.3 is 0 Å². The third-order valence-corrected chi connectivity index (χ3v) is 6.83. The van der Waals surface area contributed by atoms with Gasteiger partial charge in [-0.25, -0.2) is 0 Å². The lowest BCUT2D eigenvalue weighted by molar-refractivity contribution is 0.438. The number of benzene rings is 5. The molecule has 0 fully saturated rings. The smallest absolute Gasteiger partial charge is 0.105 e. The summed E-state index contributed by atoms with van der Waals surface area (Å²) >= 11 is 0. The number of hydrogen-bond acceptors (Lipinski definition) is 6. The Morgan fingerprint density at radius 2 is 1.11 bits per heavy atom. The quantitative estimate of drug-likeness (QED) is 0.228. The SMILES string of the molecule is CC(C)CC1(C)Nc2cccc3c(N=Nc4ccc(N=Nc5ccccc5)c5ccccc45)ccc(c23)N1. The fourth-order valence-corrected chi connectivity index (χ4v) is 5.39. The largest absolute Gasteiger partial charge is 0.362 e. The monoisotopic (exact) mass is 498 g/mol. The average Bonchev–Trinajstić information content (AvgIpc) is 2.91. The third-order valence-electron chi connectivity index (χ3n) is 6.83. The van der Waals surface area contributed by atoms with Gasteiger partial charge in [-0.2, -0.15) is 5.11 Å². The summed E-state index contributed by atoms with van der Waals surface area (Å²) in [7, 11) is 0. The summed E-state index contributed by atoms with van der Waals surface area (Å²) in [6.07, 6.45) is 1.01. The van der Waals surface area contributed by atoms with Gasteiger partial charge in [0.1, 0.15) is 5.66 Å². The molecule has 6 heteroatoms. The van der Waals surface area contributed by atoms with Gasteiger partial charge in [0.2, 0.25) is 0 Å². The van der Waals surface area contributed by atoms with Crippen molar-refractivity contribution in [1.82, 2.24) is 0 Å². The van der Waals surface area contributed by atoms with Crippen LogP contribution < -0.4 is 10.6 Å².